The Balaban J connectivity index is 1.53. The summed E-state index contributed by atoms with van der Waals surface area (Å²) in [5.41, 5.74) is 0. The summed E-state index contributed by atoms with van der Waals surface area (Å²) in [4.78, 5) is 0. The van der Waals surface area contributed by atoms with Crippen LogP contribution in [0.25, 0.3) is 0 Å². The van der Waals surface area contributed by atoms with Gasteiger partial charge in [-0.3, -0.25) is 0 Å². The van der Waals surface area contributed by atoms with Crippen LogP contribution >= 0.6 is 0 Å². The third-order valence-corrected chi connectivity index (χ3v) is 8.54. The van der Waals surface area contributed by atoms with E-state index >= 15 is 0 Å². The van der Waals surface area contributed by atoms with Crippen LogP contribution in [0.5, 0.6) is 0 Å². The van der Waals surface area contributed by atoms with E-state index in [0.717, 1.165) is 0 Å². The maximum Gasteiger partial charge on any atom is 0.187 e. The van der Waals surface area contributed by atoms with Crippen LogP contribution in [-0.4, -0.2) is 210 Å². The lowest BCUT2D eigenvalue weighted by Crippen LogP contribution is -2.66. The molecule has 264 valence electrons. The lowest BCUT2D eigenvalue weighted by Gasteiger charge is -2.49. The van der Waals surface area contributed by atoms with E-state index in [1.54, 1.807) is 0 Å². The molecule has 0 bridgehead atoms. The van der Waals surface area contributed by atoms with Gasteiger partial charge in [0, 0.05) is 5.92 Å². The van der Waals surface area contributed by atoms with Crippen molar-refractivity contribution in [2.45, 2.75) is 124 Å². The zero-order valence-corrected chi connectivity index (χ0v) is 24.0. The Bertz CT molecular complexity index is 914. The lowest BCUT2D eigenvalue weighted by atomic mass is 9.91. The minimum atomic E-state index is -1.92. The van der Waals surface area contributed by atoms with Crippen molar-refractivity contribution in [3.05, 3.63) is 0 Å². The maximum atomic E-state index is 11.1. The van der Waals surface area contributed by atoms with Gasteiger partial charge in [0.05, 0.1) is 32.5 Å². The normalized spacial score (nSPS) is 52.9. The zero-order valence-electron chi connectivity index (χ0n) is 24.0. The Morgan fingerprint density at radius 3 is 1.40 bits per heavy atom. The lowest BCUT2D eigenvalue weighted by molar-refractivity contribution is -0.384. The van der Waals surface area contributed by atoms with Crippen molar-refractivity contribution in [2.24, 2.45) is 5.92 Å². The predicted octanol–water partition coefficient (Wildman–Crippen LogP) is -8.47. The summed E-state index contributed by atoms with van der Waals surface area (Å²) in [6.07, 6.45) is -31.4. The van der Waals surface area contributed by atoms with Crippen molar-refractivity contribution in [2.75, 3.05) is 26.4 Å². The van der Waals surface area contributed by atoms with E-state index in [1.807, 2.05) is 0 Å². The summed E-state index contributed by atoms with van der Waals surface area (Å²) in [5.74, 6) is -1.05. The highest BCUT2D eigenvalue weighted by molar-refractivity contribution is 4.97. The van der Waals surface area contributed by atoms with Crippen LogP contribution in [0.15, 0.2) is 0 Å². The standard InChI is InChI=1S/C25H44O20/c1-6-19(43-24-17(36)14(33)11(30)7(2-26)41-24)12(31)8(3-27)40-23(6)45-21-13(32)9(4-28)42-25(18(21)37)44-20-10(5-29)39-22(38)16(35)15(20)34/h6-38H,2-5H2,1H3/t6-,7?,8?,9?,10?,11-,12+,13-,14?,15?,16-,17-,18-,19?,20+,21?,22?,23-,24-,25-/m0/s1. The van der Waals surface area contributed by atoms with E-state index in [1.165, 1.54) is 6.92 Å². The fraction of sp³-hybridized carbons (Fsp3) is 1.00. The van der Waals surface area contributed by atoms with Gasteiger partial charge in [-0.1, -0.05) is 6.92 Å². The van der Waals surface area contributed by atoms with E-state index in [-0.39, 0.29) is 0 Å². The second kappa shape index (κ2) is 15.6. The highest BCUT2D eigenvalue weighted by Crippen LogP contribution is 2.36. The van der Waals surface area contributed by atoms with Crippen molar-refractivity contribution in [1.29, 1.82) is 0 Å². The third-order valence-electron chi connectivity index (χ3n) is 8.54. The molecule has 20 heteroatoms. The molecular weight excluding hydrogens is 620 g/mol. The molecule has 9 unspecified atom stereocenters. The SMILES string of the molecule is C[C@H]1C(O[C@@H]2OC(CO)[C@H](O)C(O)[C@@H]2O)[C@H](O)C(CO)O[C@H]1OC1[C@@H](O)C(CO)O[C@@H](O[C@@H]2C(CO)OC(O)[C@@H](O)C2O)[C@H]1O. The van der Waals surface area contributed by atoms with Gasteiger partial charge in [-0.15, -0.1) is 0 Å². The van der Waals surface area contributed by atoms with Crippen LogP contribution in [0.1, 0.15) is 6.92 Å². The molecule has 45 heavy (non-hydrogen) atoms. The smallest absolute Gasteiger partial charge is 0.187 e. The van der Waals surface area contributed by atoms with Gasteiger partial charge in [-0.2, -0.15) is 0 Å². The first-order chi connectivity index (χ1) is 21.3. The van der Waals surface area contributed by atoms with Crippen LogP contribution in [0.4, 0.5) is 0 Å². The summed E-state index contributed by atoms with van der Waals surface area (Å²) in [7, 11) is 0. The molecule has 4 aliphatic heterocycles. The summed E-state index contributed by atoms with van der Waals surface area (Å²) in [5, 5.41) is 133. The van der Waals surface area contributed by atoms with Crippen LogP contribution < -0.4 is 0 Å². The van der Waals surface area contributed by atoms with Gasteiger partial charge in [-0.25, -0.2) is 0 Å². The molecule has 0 aromatic carbocycles. The highest BCUT2D eigenvalue weighted by Gasteiger charge is 2.54. The first-order valence-electron chi connectivity index (χ1n) is 14.4. The Hall–Kier alpha value is -0.800. The first kappa shape index (κ1) is 37.0. The second-order valence-electron chi connectivity index (χ2n) is 11.5. The fourth-order valence-electron chi connectivity index (χ4n) is 5.77. The molecule has 4 rings (SSSR count). The minimum absolute atomic E-state index is 0.751. The van der Waals surface area contributed by atoms with Crippen molar-refractivity contribution in [3.8, 4) is 0 Å². The van der Waals surface area contributed by atoms with Crippen molar-refractivity contribution >= 4 is 0 Å². The minimum Gasteiger partial charge on any atom is -0.394 e. The van der Waals surface area contributed by atoms with Crippen LogP contribution in [0, 0.1) is 5.92 Å². The summed E-state index contributed by atoms with van der Waals surface area (Å²) >= 11 is 0. The number of aliphatic hydroxyl groups is 13. The predicted molar refractivity (Wildman–Crippen MR) is 137 cm³/mol. The molecule has 0 aromatic heterocycles. The molecule has 0 spiro atoms. The average Bonchev–Trinajstić information content (AvgIpc) is 3.03. The number of rotatable bonds is 10. The number of hydrogen-bond donors (Lipinski definition) is 13. The molecule has 0 saturated carbocycles. The van der Waals surface area contributed by atoms with E-state index < -0.39 is 149 Å². The molecular formula is C25H44O20. The Labute approximate surface area is 256 Å². The zero-order chi connectivity index (χ0) is 33.3. The molecule has 20 atom stereocenters. The van der Waals surface area contributed by atoms with Gasteiger partial charge in [0.1, 0.15) is 85.5 Å². The topological polar surface area (TPSA) is 328 Å². The van der Waals surface area contributed by atoms with E-state index in [0.29, 0.717) is 0 Å². The molecule has 0 aromatic rings. The summed E-state index contributed by atoms with van der Waals surface area (Å²) in [6.45, 7) is -1.74. The quantitative estimate of drug-likeness (QED) is 0.103. The monoisotopic (exact) mass is 664 g/mol. The highest BCUT2D eigenvalue weighted by atomic mass is 16.8. The molecule has 4 heterocycles. The molecule has 0 amide bonds. The van der Waals surface area contributed by atoms with E-state index in [9.17, 15) is 66.4 Å². The largest absolute Gasteiger partial charge is 0.394 e. The number of ether oxygens (including phenoxy) is 7. The van der Waals surface area contributed by atoms with E-state index in [2.05, 4.69) is 0 Å². The second-order valence-corrected chi connectivity index (χ2v) is 11.5. The molecule has 0 radical (unpaired) electrons. The average molecular weight is 665 g/mol. The van der Waals surface area contributed by atoms with Crippen LogP contribution in [-0.2, 0) is 33.2 Å². The Kier molecular flexibility index (Phi) is 12.8. The van der Waals surface area contributed by atoms with Gasteiger partial charge in [0.25, 0.3) is 0 Å². The Morgan fingerprint density at radius 2 is 0.844 bits per heavy atom. The molecule has 20 nitrogen and oxygen atoms in total. The number of hydrogen-bond acceptors (Lipinski definition) is 20. The third kappa shape index (κ3) is 7.45. The maximum absolute atomic E-state index is 11.1. The van der Waals surface area contributed by atoms with Gasteiger partial charge in [-0.05, 0) is 0 Å². The van der Waals surface area contributed by atoms with Gasteiger partial charge < -0.3 is 99.5 Å². The fourth-order valence-corrected chi connectivity index (χ4v) is 5.77. The van der Waals surface area contributed by atoms with Crippen LogP contribution in [0.2, 0.25) is 0 Å². The van der Waals surface area contributed by atoms with Crippen LogP contribution in [0.3, 0.4) is 0 Å². The van der Waals surface area contributed by atoms with Gasteiger partial charge in [0.2, 0.25) is 0 Å². The molecule has 0 aliphatic carbocycles. The van der Waals surface area contributed by atoms with Crippen molar-refractivity contribution in [1.82, 2.24) is 0 Å². The summed E-state index contributed by atoms with van der Waals surface area (Å²) < 4.78 is 38.7. The Morgan fingerprint density at radius 1 is 0.400 bits per heavy atom. The van der Waals surface area contributed by atoms with Gasteiger partial charge in [0.15, 0.2) is 25.2 Å². The van der Waals surface area contributed by atoms with E-state index in [4.69, 9.17) is 33.2 Å². The molecule has 13 N–H and O–H groups in total. The summed E-state index contributed by atoms with van der Waals surface area (Å²) in [6, 6.07) is 0. The van der Waals surface area contributed by atoms with Crippen molar-refractivity contribution in [3.63, 3.8) is 0 Å². The number of aliphatic hydroxyl groups excluding tert-OH is 13. The molecule has 4 fully saturated rings. The molecule has 4 aliphatic rings. The first-order valence-corrected chi connectivity index (χ1v) is 14.4. The van der Waals surface area contributed by atoms with Crippen molar-refractivity contribution < 1.29 is 99.5 Å². The van der Waals surface area contributed by atoms with Gasteiger partial charge >= 0.3 is 0 Å². The molecule has 4 saturated heterocycles.